The molecule has 0 radical (unpaired) electrons. The quantitative estimate of drug-likeness (QED) is 0.925. The summed E-state index contributed by atoms with van der Waals surface area (Å²) in [4.78, 5) is 7.90. The number of hydrogen-bond acceptors (Lipinski definition) is 4. The third-order valence-electron chi connectivity index (χ3n) is 3.53. The fourth-order valence-corrected chi connectivity index (χ4v) is 3.83. The van der Waals surface area contributed by atoms with Gasteiger partial charge in [-0.3, -0.25) is 4.90 Å². The highest BCUT2D eigenvalue weighted by atomic mass is 79.9. The minimum Gasteiger partial charge on any atom is -0.375 e. The van der Waals surface area contributed by atoms with E-state index in [9.17, 15) is 0 Å². The molecular formula is C14H16BrN3S. The van der Waals surface area contributed by atoms with Crippen molar-refractivity contribution < 1.29 is 0 Å². The summed E-state index contributed by atoms with van der Waals surface area (Å²) in [5, 5.41) is 0.660. The predicted molar refractivity (Wildman–Crippen MR) is 83.1 cm³/mol. The van der Waals surface area contributed by atoms with Crippen molar-refractivity contribution in [2.45, 2.75) is 25.4 Å². The van der Waals surface area contributed by atoms with Crippen LogP contribution >= 0.6 is 27.3 Å². The second-order valence-electron chi connectivity index (χ2n) is 4.85. The summed E-state index contributed by atoms with van der Waals surface area (Å²) >= 11 is 5.15. The van der Waals surface area contributed by atoms with Crippen molar-refractivity contribution in [2.24, 2.45) is 0 Å². The summed E-state index contributed by atoms with van der Waals surface area (Å²) in [5.74, 6) is 0. The molecule has 1 aliphatic heterocycles. The van der Waals surface area contributed by atoms with Gasteiger partial charge in [0.15, 0.2) is 5.13 Å². The summed E-state index contributed by atoms with van der Waals surface area (Å²) in [6, 6.07) is 9.15. The molecule has 1 saturated heterocycles. The van der Waals surface area contributed by atoms with Crippen LogP contribution in [0.4, 0.5) is 5.13 Å². The van der Waals surface area contributed by atoms with Gasteiger partial charge < -0.3 is 5.73 Å². The first-order valence-corrected chi connectivity index (χ1v) is 8.03. The molecule has 1 aromatic carbocycles. The van der Waals surface area contributed by atoms with Crippen molar-refractivity contribution in [2.75, 3.05) is 12.3 Å². The van der Waals surface area contributed by atoms with E-state index in [0.29, 0.717) is 11.2 Å². The molecule has 5 heteroatoms. The molecule has 2 aromatic rings. The summed E-state index contributed by atoms with van der Waals surface area (Å²) in [5.41, 5.74) is 7.09. The minimum atomic E-state index is 0.515. The SMILES string of the molecule is Nc1ncc(CN2CCCC2c2cccc(Br)c2)s1. The maximum Gasteiger partial charge on any atom is 0.180 e. The highest BCUT2D eigenvalue weighted by molar-refractivity contribution is 9.10. The zero-order valence-corrected chi connectivity index (χ0v) is 13.0. The number of nitrogens with two attached hydrogens (primary N) is 1. The van der Waals surface area contributed by atoms with Gasteiger partial charge in [-0.25, -0.2) is 4.98 Å². The van der Waals surface area contributed by atoms with E-state index in [1.54, 1.807) is 11.3 Å². The fraction of sp³-hybridized carbons (Fsp3) is 0.357. The standard InChI is InChI=1S/C14H16BrN3S/c15-11-4-1-3-10(7-11)13-5-2-6-18(13)9-12-8-17-14(16)19-12/h1,3-4,7-8,13H,2,5-6,9H2,(H2,16,17). The number of rotatable bonds is 3. The molecule has 1 aliphatic rings. The number of nitrogen functional groups attached to an aromatic ring is 1. The molecule has 0 aliphatic carbocycles. The van der Waals surface area contributed by atoms with Gasteiger partial charge in [-0.1, -0.05) is 28.1 Å². The lowest BCUT2D eigenvalue weighted by Crippen LogP contribution is -2.22. The lowest BCUT2D eigenvalue weighted by Gasteiger charge is -2.24. The molecule has 2 heterocycles. The van der Waals surface area contributed by atoms with E-state index >= 15 is 0 Å². The second kappa shape index (κ2) is 5.61. The first-order chi connectivity index (χ1) is 9.22. The van der Waals surface area contributed by atoms with Crippen LogP contribution in [0, 0.1) is 0 Å². The van der Waals surface area contributed by atoms with E-state index in [0.717, 1.165) is 17.6 Å². The van der Waals surface area contributed by atoms with Gasteiger partial charge in [-0.2, -0.15) is 0 Å². The lowest BCUT2D eigenvalue weighted by molar-refractivity contribution is 0.250. The van der Waals surface area contributed by atoms with Crippen LogP contribution in [0.5, 0.6) is 0 Å². The van der Waals surface area contributed by atoms with Crippen molar-refractivity contribution in [3.8, 4) is 0 Å². The molecule has 2 N–H and O–H groups in total. The fourth-order valence-electron chi connectivity index (χ4n) is 2.70. The summed E-state index contributed by atoms with van der Waals surface area (Å²) in [7, 11) is 0. The molecule has 0 bridgehead atoms. The Morgan fingerprint density at radius 3 is 3.11 bits per heavy atom. The molecule has 0 saturated carbocycles. The van der Waals surface area contributed by atoms with Crippen LogP contribution < -0.4 is 5.73 Å². The van der Waals surface area contributed by atoms with Crippen LogP contribution in [-0.2, 0) is 6.54 Å². The molecule has 1 aromatic heterocycles. The van der Waals surface area contributed by atoms with Gasteiger partial charge >= 0.3 is 0 Å². The van der Waals surface area contributed by atoms with E-state index in [-0.39, 0.29) is 0 Å². The largest absolute Gasteiger partial charge is 0.375 e. The van der Waals surface area contributed by atoms with Crippen LogP contribution in [0.1, 0.15) is 29.3 Å². The Morgan fingerprint density at radius 1 is 1.47 bits per heavy atom. The number of halogens is 1. The van der Waals surface area contributed by atoms with Gasteiger partial charge in [-0.05, 0) is 37.1 Å². The van der Waals surface area contributed by atoms with E-state index in [1.807, 2.05) is 6.20 Å². The Balaban J connectivity index is 1.78. The van der Waals surface area contributed by atoms with Crippen LogP contribution in [0.25, 0.3) is 0 Å². The molecule has 3 rings (SSSR count). The topological polar surface area (TPSA) is 42.1 Å². The maximum absolute atomic E-state index is 5.70. The van der Waals surface area contributed by atoms with Gasteiger partial charge in [0.05, 0.1) is 0 Å². The summed E-state index contributed by atoms with van der Waals surface area (Å²) < 4.78 is 1.15. The van der Waals surface area contributed by atoms with Gasteiger partial charge in [-0.15, -0.1) is 11.3 Å². The number of anilines is 1. The average molecular weight is 338 g/mol. The smallest absolute Gasteiger partial charge is 0.180 e. The second-order valence-corrected chi connectivity index (χ2v) is 6.91. The summed E-state index contributed by atoms with van der Waals surface area (Å²) in [6.45, 7) is 2.10. The molecule has 1 unspecified atom stereocenters. The summed E-state index contributed by atoms with van der Waals surface area (Å²) in [6.07, 6.45) is 4.38. The monoisotopic (exact) mass is 337 g/mol. The number of likely N-dealkylation sites (tertiary alicyclic amines) is 1. The van der Waals surface area contributed by atoms with Crippen molar-refractivity contribution >= 4 is 32.4 Å². The van der Waals surface area contributed by atoms with Gasteiger partial charge in [0.25, 0.3) is 0 Å². The van der Waals surface area contributed by atoms with Crippen LogP contribution in [0.3, 0.4) is 0 Å². The Hall–Kier alpha value is -0.910. The molecule has 0 amide bonds. The van der Waals surface area contributed by atoms with Crippen molar-refractivity contribution in [3.05, 3.63) is 45.4 Å². The minimum absolute atomic E-state index is 0.515. The Morgan fingerprint density at radius 2 is 2.37 bits per heavy atom. The van der Waals surface area contributed by atoms with E-state index in [2.05, 4.69) is 50.1 Å². The van der Waals surface area contributed by atoms with E-state index < -0.39 is 0 Å². The predicted octanol–water partition coefficient (Wildman–Crippen LogP) is 3.82. The van der Waals surface area contributed by atoms with E-state index in [4.69, 9.17) is 5.73 Å². The number of hydrogen-bond donors (Lipinski definition) is 1. The van der Waals surface area contributed by atoms with Crippen molar-refractivity contribution in [1.29, 1.82) is 0 Å². The Kier molecular flexibility index (Phi) is 3.86. The molecule has 19 heavy (non-hydrogen) atoms. The first-order valence-electron chi connectivity index (χ1n) is 6.42. The Labute approximate surface area is 125 Å². The van der Waals surface area contributed by atoms with Crippen molar-refractivity contribution in [1.82, 2.24) is 9.88 Å². The Bertz CT molecular complexity index is 569. The third-order valence-corrected chi connectivity index (χ3v) is 4.83. The first kappa shape index (κ1) is 13.1. The third kappa shape index (κ3) is 2.99. The number of benzene rings is 1. The van der Waals surface area contributed by atoms with Gasteiger partial charge in [0.2, 0.25) is 0 Å². The molecule has 3 nitrogen and oxygen atoms in total. The highest BCUT2D eigenvalue weighted by Gasteiger charge is 2.26. The van der Waals surface area contributed by atoms with Gasteiger partial charge in [0.1, 0.15) is 0 Å². The van der Waals surface area contributed by atoms with Crippen LogP contribution in [0.2, 0.25) is 0 Å². The number of aromatic nitrogens is 1. The number of nitrogens with zero attached hydrogens (tertiary/aromatic N) is 2. The molecular weight excluding hydrogens is 322 g/mol. The van der Waals surface area contributed by atoms with Gasteiger partial charge in [0, 0.05) is 28.1 Å². The molecule has 0 spiro atoms. The van der Waals surface area contributed by atoms with E-state index in [1.165, 1.54) is 23.3 Å². The van der Waals surface area contributed by atoms with Crippen LogP contribution in [-0.4, -0.2) is 16.4 Å². The van der Waals surface area contributed by atoms with Crippen LogP contribution in [0.15, 0.2) is 34.9 Å². The molecule has 1 fully saturated rings. The average Bonchev–Trinajstić information content (AvgIpc) is 2.99. The highest BCUT2D eigenvalue weighted by Crippen LogP contribution is 2.34. The zero-order valence-electron chi connectivity index (χ0n) is 10.6. The van der Waals surface area contributed by atoms with Crippen molar-refractivity contribution in [3.63, 3.8) is 0 Å². The molecule has 1 atom stereocenters. The lowest BCUT2D eigenvalue weighted by atomic mass is 10.0. The number of thiazole rings is 1. The normalized spacial score (nSPS) is 19.9. The maximum atomic E-state index is 5.70. The zero-order chi connectivity index (χ0) is 13.2. The molecule has 100 valence electrons.